The highest BCUT2D eigenvalue weighted by Crippen LogP contribution is 2.33. The molecule has 2 aromatic rings. The van der Waals surface area contributed by atoms with E-state index in [9.17, 15) is 41.4 Å². The molecule has 4 rings (SSSR count). The number of halogens is 3. The zero-order valence-electron chi connectivity index (χ0n) is 22.5. The van der Waals surface area contributed by atoms with E-state index in [-0.39, 0.29) is 50.5 Å². The van der Waals surface area contributed by atoms with Crippen LogP contribution in [0, 0.1) is 6.92 Å². The number of ether oxygens (including phenoxy) is 1. The molecule has 0 atom stereocenters. The number of hydrogen-bond donors (Lipinski definition) is 3. The molecule has 0 aromatic heterocycles. The van der Waals surface area contributed by atoms with Gasteiger partial charge in [-0.2, -0.15) is 4.31 Å². The Hall–Kier alpha value is -3.79. The van der Waals surface area contributed by atoms with Crippen LogP contribution < -0.4 is 15.0 Å². The van der Waals surface area contributed by atoms with Crippen LogP contribution in [0.3, 0.4) is 0 Å². The predicted molar refractivity (Wildman–Crippen MR) is 147 cm³/mol. The van der Waals surface area contributed by atoms with Gasteiger partial charge in [0.2, 0.25) is 10.0 Å². The third-order valence-corrected chi connectivity index (χ3v) is 8.54. The van der Waals surface area contributed by atoms with Crippen LogP contribution in [-0.4, -0.2) is 85.3 Å². The number of rotatable bonds is 9. The Morgan fingerprint density at radius 1 is 1.19 bits per heavy atom. The number of aryl methyl sites for hydroxylation is 1. The fraction of sp³-hybridized carbons (Fsp3) is 0.370. The molecule has 42 heavy (non-hydrogen) atoms. The number of carbonyl (C=O) groups excluding carboxylic acids is 2. The third kappa shape index (κ3) is 6.98. The summed E-state index contributed by atoms with van der Waals surface area (Å²) in [6.07, 6.45) is -3.32. The Morgan fingerprint density at radius 3 is 2.52 bits per heavy atom. The molecule has 2 aromatic carbocycles. The standard InChI is InChI=1S/C27H29F3N4O7S/c1-18-15-21(34(12-13-35)23(37)17-36)6-5-19(18)7-14-42(39,40)33-10-8-26(9-11-33)25(38)31-24(32-26)20-3-2-4-22(16-20)41-27(28,29)30/h2-7,14-16,35-36H,8-13,17H2,1H3,(H,31,32,38). The Balaban J connectivity index is 1.45. The maximum atomic E-state index is 13.1. The third-order valence-electron chi connectivity index (χ3n) is 6.98. The zero-order valence-corrected chi connectivity index (χ0v) is 23.3. The normalized spacial score (nSPS) is 17.4. The van der Waals surface area contributed by atoms with Crippen molar-refractivity contribution < 1.29 is 46.1 Å². The highest BCUT2D eigenvalue weighted by atomic mass is 32.2. The van der Waals surface area contributed by atoms with Gasteiger partial charge in [0.1, 0.15) is 23.7 Å². The van der Waals surface area contributed by atoms with Gasteiger partial charge >= 0.3 is 6.36 Å². The SMILES string of the molecule is Cc1cc(N(CCO)C(=O)CO)ccc1C=CS(=O)(=O)N1CCC2(CC1)N=C(c1cccc(OC(F)(F)F)c1)NC2=O. The summed E-state index contributed by atoms with van der Waals surface area (Å²) in [4.78, 5) is 30.5. The van der Waals surface area contributed by atoms with Crippen LogP contribution in [0.1, 0.15) is 29.5 Å². The molecule has 1 fully saturated rings. The number of hydrogen-bond acceptors (Lipinski definition) is 8. The maximum absolute atomic E-state index is 13.1. The summed E-state index contributed by atoms with van der Waals surface area (Å²) in [6.45, 7) is 0.660. The number of alkyl halides is 3. The van der Waals surface area contributed by atoms with Gasteiger partial charge in [0.15, 0.2) is 0 Å². The van der Waals surface area contributed by atoms with E-state index in [2.05, 4.69) is 15.0 Å². The van der Waals surface area contributed by atoms with Crippen molar-refractivity contribution in [2.24, 2.45) is 4.99 Å². The molecule has 226 valence electrons. The van der Waals surface area contributed by atoms with Crippen LogP contribution in [0.2, 0.25) is 0 Å². The Bertz CT molecular complexity index is 1520. The number of aliphatic hydroxyl groups excluding tert-OH is 2. The number of amides is 2. The van der Waals surface area contributed by atoms with E-state index < -0.39 is 46.1 Å². The molecular formula is C27H29F3N4O7S. The molecule has 1 saturated heterocycles. The van der Waals surface area contributed by atoms with E-state index in [1.54, 1.807) is 25.1 Å². The quantitative estimate of drug-likeness (QED) is 0.393. The van der Waals surface area contributed by atoms with Crippen molar-refractivity contribution in [2.45, 2.75) is 31.7 Å². The molecule has 2 heterocycles. The molecule has 0 bridgehead atoms. The van der Waals surface area contributed by atoms with Gasteiger partial charge in [0.25, 0.3) is 11.8 Å². The summed E-state index contributed by atoms with van der Waals surface area (Å²) in [5.41, 5.74) is 0.639. The fourth-order valence-corrected chi connectivity index (χ4v) is 5.97. The lowest BCUT2D eigenvalue weighted by molar-refractivity contribution is -0.274. The first-order valence-corrected chi connectivity index (χ1v) is 14.4. The lowest BCUT2D eigenvalue weighted by Crippen LogP contribution is -2.50. The Kier molecular flexibility index (Phi) is 9.06. The lowest BCUT2D eigenvalue weighted by Gasteiger charge is -2.34. The second kappa shape index (κ2) is 12.2. The van der Waals surface area contributed by atoms with Crippen molar-refractivity contribution in [3.63, 3.8) is 0 Å². The molecule has 0 saturated carbocycles. The number of amidine groups is 1. The smallest absolute Gasteiger partial charge is 0.406 e. The van der Waals surface area contributed by atoms with Crippen molar-refractivity contribution in [1.29, 1.82) is 0 Å². The number of sulfonamides is 1. The van der Waals surface area contributed by atoms with E-state index >= 15 is 0 Å². The first-order chi connectivity index (χ1) is 19.8. The predicted octanol–water partition coefficient (Wildman–Crippen LogP) is 1.92. The Morgan fingerprint density at radius 2 is 1.90 bits per heavy atom. The molecule has 15 heteroatoms. The monoisotopic (exact) mass is 610 g/mol. The average molecular weight is 611 g/mol. The van der Waals surface area contributed by atoms with Gasteiger partial charge in [-0.1, -0.05) is 18.2 Å². The van der Waals surface area contributed by atoms with Crippen molar-refractivity contribution in [2.75, 3.05) is 37.7 Å². The first-order valence-electron chi connectivity index (χ1n) is 12.9. The van der Waals surface area contributed by atoms with E-state index in [1.165, 1.54) is 27.4 Å². The van der Waals surface area contributed by atoms with Crippen molar-refractivity contribution in [1.82, 2.24) is 9.62 Å². The van der Waals surface area contributed by atoms with Crippen LogP contribution >= 0.6 is 0 Å². The molecule has 11 nitrogen and oxygen atoms in total. The molecule has 0 aliphatic carbocycles. The maximum Gasteiger partial charge on any atom is 0.573 e. The summed E-state index contributed by atoms with van der Waals surface area (Å²) in [6, 6.07) is 9.89. The van der Waals surface area contributed by atoms with E-state index in [0.717, 1.165) is 17.5 Å². The number of nitrogens with zero attached hydrogens (tertiary/aromatic N) is 3. The highest BCUT2D eigenvalue weighted by Gasteiger charge is 2.47. The van der Waals surface area contributed by atoms with Crippen LogP contribution in [0.5, 0.6) is 5.75 Å². The minimum Gasteiger partial charge on any atom is -0.406 e. The fourth-order valence-electron chi connectivity index (χ4n) is 4.79. The van der Waals surface area contributed by atoms with Crippen molar-refractivity contribution >= 4 is 39.4 Å². The zero-order chi connectivity index (χ0) is 30.7. The minimum absolute atomic E-state index is 0.00852. The van der Waals surface area contributed by atoms with E-state index in [4.69, 9.17) is 0 Å². The molecule has 2 amide bonds. The molecule has 0 radical (unpaired) electrons. The summed E-state index contributed by atoms with van der Waals surface area (Å²) < 4.78 is 69.1. The molecule has 1 spiro atoms. The number of nitrogens with one attached hydrogen (secondary N) is 1. The largest absolute Gasteiger partial charge is 0.573 e. The lowest BCUT2D eigenvalue weighted by atomic mass is 9.89. The van der Waals surface area contributed by atoms with Crippen LogP contribution in [0.15, 0.2) is 52.9 Å². The van der Waals surface area contributed by atoms with Crippen LogP contribution in [0.25, 0.3) is 6.08 Å². The summed E-state index contributed by atoms with van der Waals surface area (Å²) in [5.74, 6) is -1.43. The van der Waals surface area contributed by atoms with Gasteiger partial charge in [0.05, 0.1) is 6.61 Å². The van der Waals surface area contributed by atoms with Crippen molar-refractivity contribution in [3.05, 3.63) is 64.6 Å². The first kappa shape index (κ1) is 31.2. The number of aliphatic hydroxyl groups is 2. The molecule has 2 aliphatic heterocycles. The second-order valence-electron chi connectivity index (χ2n) is 9.74. The van der Waals surface area contributed by atoms with Gasteiger partial charge in [-0.15, -0.1) is 13.2 Å². The topological polar surface area (TPSA) is 149 Å². The average Bonchev–Trinajstić information content (AvgIpc) is 3.25. The highest BCUT2D eigenvalue weighted by molar-refractivity contribution is 7.92. The van der Waals surface area contributed by atoms with E-state index in [0.29, 0.717) is 16.8 Å². The molecule has 3 N–H and O–H groups in total. The van der Waals surface area contributed by atoms with Crippen LogP contribution in [0.4, 0.5) is 18.9 Å². The van der Waals surface area contributed by atoms with E-state index in [1.807, 2.05) is 0 Å². The summed E-state index contributed by atoms with van der Waals surface area (Å²) >= 11 is 0. The number of benzene rings is 2. The Labute approximate surface area is 240 Å². The summed E-state index contributed by atoms with van der Waals surface area (Å²) in [5, 5.41) is 22.1. The number of piperidine rings is 1. The second-order valence-corrected chi connectivity index (χ2v) is 11.6. The van der Waals surface area contributed by atoms with Gasteiger partial charge in [0, 0.05) is 36.3 Å². The van der Waals surface area contributed by atoms with Gasteiger partial charge < -0.3 is 25.2 Å². The van der Waals surface area contributed by atoms with Crippen molar-refractivity contribution in [3.8, 4) is 5.75 Å². The van der Waals surface area contributed by atoms with Crippen LogP contribution in [-0.2, 0) is 19.6 Å². The molecular weight excluding hydrogens is 581 g/mol. The summed E-state index contributed by atoms with van der Waals surface area (Å²) in [7, 11) is -3.88. The van der Waals surface area contributed by atoms with Gasteiger partial charge in [-0.3, -0.25) is 14.6 Å². The number of carbonyl (C=O) groups is 2. The molecule has 0 unspecified atom stereocenters. The van der Waals surface area contributed by atoms with Gasteiger partial charge in [-0.25, -0.2) is 8.42 Å². The number of aliphatic imine (C=N–C) groups is 1. The number of anilines is 1. The minimum atomic E-state index is -4.88. The molecule has 2 aliphatic rings. The van der Waals surface area contributed by atoms with Gasteiger partial charge in [-0.05, 0) is 61.2 Å².